The first-order valence-corrected chi connectivity index (χ1v) is 10.1. The Hall–Kier alpha value is -3.42. The van der Waals surface area contributed by atoms with Crippen LogP contribution in [0.25, 0.3) is 11.1 Å². The zero-order chi connectivity index (χ0) is 20.9. The second-order valence-electron chi connectivity index (χ2n) is 6.94. The number of nitrogens with one attached hydrogen (secondary N) is 1. The quantitative estimate of drug-likeness (QED) is 0.445. The second-order valence-corrected chi connectivity index (χ2v) is 7.32. The Labute approximate surface area is 180 Å². The Kier molecular flexibility index (Phi) is 5.92. The predicted octanol–water partition coefficient (Wildman–Crippen LogP) is 5.33. The summed E-state index contributed by atoms with van der Waals surface area (Å²) in [5, 5.41) is 12.5. The van der Waals surface area contributed by atoms with Gasteiger partial charge in [-0.1, -0.05) is 78.0 Å². The summed E-state index contributed by atoms with van der Waals surface area (Å²) in [6.45, 7) is 0.643. The van der Waals surface area contributed by atoms with Crippen LogP contribution in [0.2, 0.25) is 5.02 Å². The molecule has 1 aliphatic rings. The molecule has 4 rings (SSSR count). The summed E-state index contributed by atoms with van der Waals surface area (Å²) in [5.41, 5.74) is 5.31. The summed E-state index contributed by atoms with van der Waals surface area (Å²) in [6.07, 6.45) is -0.0232. The minimum Gasteiger partial charge on any atom is -0.506 e. The highest BCUT2D eigenvalue weighted by atomic mass is 35.5. The number of halogens is 1. The first-order chi connectivity index (χ1) is 14.6. The largest absolute Gasteiger partial charge is 0.506 e. The molecule has 3 aromatic carbocycles. The van der Waals surface area contributed by atoms with Crippen LogP contribution in [0.4, 0.5) is 4.79 Å². The Balaban J connectivity index is 1.30. The molecule has 5 heteroatoms. The molecule has 4 nitrogen and oxygen atoms in total. The van der Waals surface area contributed by atoms with Crippen molar-refractivity contribution >= 4 is 17.7 Å². The van der Waals surface area contributed by atoms with Gasteiger partial charge in [0, 0.05) is 24.4 Å². The van der Waals surface area contributed by atoms with Gasteiger partial charge in [-0.15, -0.1) is 0 Å². The summed E-state index contributed by atoms with van der Waals surface area (Å²) in [5.74, 6) is 5.86. The molecule has 0 saturated carbocycles. The maximum Gasteiger partial charge on any atom is 0.407 e. The smallest absolute Gasteiger partial charge is 0.407 e. The van der Waals surface area contributed by atoms with Gasteiger partial charge >= 0.3 is 6.09 Å². The number of hydrogen-bond acceptors (Lipinski definition) is 3. The van der Waals surface area contributed by atoms with Gasteiger partial charge in [0.25, 0.3) is 0 Å². The third kappa shape index (κ3) is 4.12. The number of rotatable bonds is 4. The van der Waals surface area contributed by atoms with Crippen LogP contribution in [0.1, 0.15) is 29.0 Å². The minimum atomic E-state index is -0.464. The summed E-state index contributed by atoms with van der Waals surface area (Å²) in [7, 11) is 0. The number of phenols is 1. The van der Waals surface area contributed by atoms with Crippen LogP contribution in [-0.2, 0) is 4.74 Å². The highest BCUT2D eigenvalue weighted by Crippen LogP contribution is 2.44. The number of carbonyl (C=O) groups is 1. The zero-order valence-electron chi connectivity index (χ0n) is 16.2. The van der Waals surface area contributed by atoms with Gasteiger partial charge in [0.2, 0.25) is 0 Å². The van der Waals surface area contributed by atoms with Gasteiger partial charge in [0.1, 0.15) is 12.4 Å². The standard InChI is InChI=1S/C25H20ClNO3/c26-24-17(9-7-14-23(24)28)8-5-6-15-27-25(29)30-16-22-20-12-3-1-10-18(20)19-11-2-4-13-21(19)22/h1-4,7,9-14,22,28H,6,15-16H2,(H,27,29). The van der Waals surface area contributed by atoms with Crippen molar-refractivity contribution < 1.29 is 14.6 Å². The summed E-state index contributed by atoms with van der Waals surface area (Å²) < 4.78 is 5.49. The van der Waals surface area contributed by atoms with Crippen LogP contribution in [0.5, 0.6) is 5.75 Å². The molecule has 3 aromatic rings. The van der Waals surface area contributed by atoms with E-state index in [0.717, 1.165) is 0 Å². The molecule has 0 spiro atoms. The molecule has 0 unspecified atom stereocenters. The summed E-state index contributed by atoms with van der Waals surface area (Å²) in [4.78, 5) is 12.1. The Bertz CT molecular complexity index is 1100. The number of benzene rings is 3. The molecular weight excluding hydrogens is 398 g/mol. The van der Waals surface area contributed by atoms with E-state index >= 15 is 0 Å². The molecule has 150 valence electrons. The fourth-order valence-electron chi connectivity index (χ4n) is 3.65. The molecule has 0 bridgehead atoms. The first kappa shape index (κ1) is 19.9. The Morgan fingerprint density at radius 2 is 1.67 bits per heavy atom. The monoisotopic (exact) mass is 417 g/mol. The van der Waals surface area contributed by atoms with E-state index in [1.54, 1.807) is 12.1 Å². The van der Waals surface area contributed by atoms with Crippen LogP contribution < -0.4 is 5.32 Å². The normalized spacial score (nSPS) is 11.8. The molecule has 0 atom stereocenters. The van der Waals surface area contributed by atoms with Crippen molar-refractivity contribution in [3.63, 3.8) is 0 Å². The molecule has 30 heavy (non-hydrogen) atoms. The number of phenolic OH excluding ortho intramolecular Hbond substituents is 1. The van der Waals surface area contributed by atoms with Crippen LogP contribution in [0.15, 0.2) is 66.7 Å². The van der Waals surface area contributed by atoms with E-state index in [4.69, 9.17) is 16.3 Å². The average Bonchev–Trinajstić information content (AvgIpc) is 3.09. The molecule has 1 amide bonds. The third-order valence-corrected chi connectivity index (χ3v) is 5.46. The molecule has 0 radical (unpaired) electrons. The summed E-state index contributed by atoms with van der Waals surface area (Å²) in [6, 6.07) is 21.4. The van der Waals surface area contributed by atoms with E-state index in [9.17, 15) is 9.90 Å². The molecule has 0 heterocycles. The van der Waals surface area contributed by atoms with Gasteiger partial charge < -0.3 is 15.2 Å². The van der Waals surface area contributed by atoms with E-state index in [2.05, 4.69) is 41.4 Å². The molecule has 0 saturated heterocycles. The number of fused-ring (bicyclic) bond motifs is 3. The van der Waals surface area contributed by atoms with E-state index in [1.165, 1.54) is 28.3 Å². The van der Waals surface area contributed by atoms with Gasteiger partial charge in [-0.3, -0.25) is 0 Å². The van der Waals surface area contributed by atoms with Gasteiger partial charge in [0.15, 0.2) is 0 Å². The minimum absolute atomic E-state index is 0.000212. The van der Waals surface area contributed by atoms with Crippen molar-refractivity contribution in [3.05, 3.63) is 88.4 Å². The van der Waals surface area contributed by atoms with Gasteiger partial charge in [-0.25, -0.2) is 4.79 Å². The van der Waals surface area contributed by atoms with E-state index < -0.39 is 6.09 Å². The van der Waals surface area contributed by atoms with Gasteiger partial charge in [-0.05, 0) is 34.4 Å². The highest BCUT2D eigenvalue weighted by molar-refractivity contribution is 6.33. The number of alkyl carbamates (subject to hydrolysis) is 1. The highest BCUT2D eigenvalue weighted by Gasteiger charge is 2.28. The fraction of sp³-hybridized carbons (Fsp3) is 0.160. The number of ether oxygens (including phenoxy) is 1. The van der Waals surface area contributed by atoms with Crippen molar-refractivity contribution in [1.82, 2.24) is 5.32 Å². The van der Waals surface area contributed by atoms with Crippen LogP contribution in [0, 0.1) is 11.8 Å². The topological polar surface area (TPSA) is 58.6 Å². The number of carbonyl (C=O) groups excluding carboxylic acids is 1. The zero-order valence-corrected chi connectivity index (χ0v) is 16.9. The van der Waals surface area contributed by atoms with Crippen LogP contribution in [0.3, 0.4) is 0 Å². The van der Waals surface area contributed by atoms with Crippen molar-refractivity contribution in [2.45, 2.75) is 12.3 Å². The van der Waals surface area contributed by atoms with E-state index in [0.29, 0.717) is 18.5 Å². The molecular formula is C25H20ClNO3. The summed E-state index contributed by atoms with van der Waals surface area (Å²) >= 11 is 5.99. The first-order valence-electron chi connectivity index (χ1n) is 9.70. The second kappa shape index (κ2) is 8.94. The lowest BCUT2D eigenvalue weighted by atomic mass is 9.98. The number of amides is 1. The van der Waals surface area contributed by atoms with Crippen molar-refractivity contribution in [1.29, 1.82) is 0 Å². The Morgan fingerprint density at radius 1 is 1.00 bits per heavy atom. The fourth-order valence-corrected chi connectivity index (χ4v) is 3.82. The van der Waals surface area contributed by atoms with Gasteiger partial charge in [0.05, 0.1) is 5.02 Å². The molecule has 0 fully saturated rings. The van der Waals surface area contributed by atoms with Crippen LogP contribution in [-0.4, -0.2) is 24.4 Å². The third-order valence-electron chi connectivity index (χ3n) is 5.06. The lowest BCUT2D eigenvalue weighted by molar-refractivity contribution is 0.143. The van der Waals surface area contributed by atoms with Gasteiger partial charge in [-0.2, -0.15) is 0 Å². The number of aromatic hydroxyl groups is 1. The predicted molar refractivity (Wildman–Crippen MR) is 118 cm³/mol. The maximum absolute atomic E-state index is 12.1. The number of hydrogen-bond donors (Lipinski definition) is 2. The molecule has 1 aliphatic carbocycles. The maximum atomic E-state index is 12.1. The lowest BCUT2D eigenvalue weighted by Gasteiger charge is -2.14. The SMILES string of the molecule is O=C(NCCC#Cc1cccc(O)c1Cl)OCC1c2ccccc2-c2ccccc21. The van der Waals surface area contributed by atoms with Crippen molar-refractivity contribution in [2.75, 3.05) is 13.2 Å². The molecule has 2 N–H and O–H groups in total. The lowest BCUT2D eigenvalue weighted by Crippen LogP contribution is -2.26. The Morgan fingerprint density at radius 3 is 2.37 bits per heavy atom. The molecule has 0 aliphatic heterocycles. The molecule has 0 aromatic heterocycles. The van der Waals surface area contributed by atoms with Crippen molar-refractivity contribution in [3.8, 4) is 28.7 Å². The van der Waals surface area contributed by atoms with E-state index in [1.807, 2.05) is 24.3 Å². The average molecular weight is 418 g/mol. The van der Waals surface area contributed by atoms with Crippen LogP contribution >= 0.6 is 11.6 Å². The van der Waals surface area contributed by atoms with E-state index in [-0.39, 0.29) is 23.3 Å². The van der Waals surface area contributed by atoms with Crippen molar-refractivity contribution in [2.24, 2.45) is 0 Å².